The van der Waals surface area contributed by atoms with Gasteiger partial charge in [0.15, 0.2) is 0 Å². The highest BCUT2D eigenvalue weighted by Gasteiger charge is 2.44. The molecule has 5 rings (SSSR count). The second kappa shape index (κ2) is 9.53. The standard InChI is InChI=1S/C27H21Cl2FN4O2/c1-2-16-13-31-7-4-19(16)20-10-22(28)21(11-24(20)30)26(36)33-17-9-23(29)25(32-14-17)34-8-6-27(15-34)5-3-18(35)12-27/h1,4,7,9-11,13-14H,3,5-6,8,12,15H2,(H,33,36). The van der Waals surface area contributed by atoms with Crippen molar-refractivity contribution in [3.63, 3.8) is 0 Å². The monoisotopic (exact) mass is 522 g/mol. The zero-order valence-corrected chi connectivity index (χ0v) is 20.7. The maximum Gasteiger partial charge on any atom is 0.257 e. The molecule has 36 heavy (non-hydrogen) atoms. The molecular formula is C27H21Cl2FN4O2. The Bertz CT molecular complexity index is 1440. The van der Waals surface area contributed by atoms with E-state index in [0.717, 1.165) is 32.0 Å². The van der Waals surface area contributed by atoms with Crippen molar-refractivity contribution in [3.05, 3.63) is 69.8 Å². The predicted molar refractivity (Wildman–Crippen MR) is 138 cm³/mol. The molecule has 3 aromatic rings. The Balaban J connectivity index is 1.33. The topological polar surface area (TPSA) is 75.2 Å². The number of terminal acetylenes is 1. The first-order chi connectivity index (χ1) is 17.3. The number of Topliss-reactive ketones (excluding diaryl/α,β-unsaturated/α-hetero) is 1. The number of rotatable bonds is 4. The number of nitrogens with one attached hydrogen (secondary N) is 1. The van der Waals surface area contributed by atoms with Crippen LogP contribution in [0.3, 0.4) is 0 Å². The van der Waals surface area contributed by atoms with E-state index in [2.05, 4.69) is 26.1 Å². The van der Waals surface area contributed by atoms with Crippen molar-refractivity contribution in [2.45, 2.75) is 25.7 Å². The number of anilines is 2. The number of benzene rings is 1. The summed E-state index contributed by atoms with van der Waals surface area (Å²) in [7, 11) is 0. The summed E-state index contributed by atoms with van der Waals surface area (Å²) in [6.45, 7) is 1.50. The molecule has 1 aliphatic carbocycles. The third-order valence-corrected chi connectivity index (χ3v) is 7.48. The molecule has 1 amide bonds. The molecule has 9 heteroatoms. The van der Waals surface area contributed by atoms with Crippen LogP contribution in [-0.4, -0.2) is 34.7 Å². The lowest BCUT2D eigenvalue weighted by Gasteiger charge is -2.24. The molecule has 2 aromatic heterocycles. The van der Waals surface area contributed by atoms with Crippen LogP contribution in [0.25, 0.3) is 11.1 Å². The highest BCUT2D eigenvalue weighted by Crippen LogP contribution is 2.45. The minimum atomic E-state index is -0.646. The van der Waals surface area contributed by atoms with Crippen LogP contribution < -0.4 is 10.2 Å². The molecule has 0 bridgehead atoms. The number of amides is 1. The fraction of sp³-hybridized carbons (Fsp3) is 0.259. The number of pyridine rings is 2. The first-order valence-electron chi connectivity index (χ1n) is 11.4. The van der Waals surface area contributed by atoms with Crippen LogP contribution in [0.2, 0.25) is 10.0 Å². The molecule has 1 aromatic carbocycles. The molecule has 3 heterocycles. The third kappa shape index (κ3) is 4.55. The maximum absolute atomic E-state index is 15.0. The van der Waals surface area contributed by atoms with Gasteiger partial charge < -0.3 is 10.2 Å². The van der Waals surface area contributed by atoms with E-state index >= 15 is 0 Å². The van der Waals surface area contributed by atoms with Gasteiger partial charge in [-0.25, -0.2) is 9.37 Å². The summed E-state index contributed by atoms with van der Waals surface area (Å²) >= 11 is 12.9. The fourth-order valence-corrected chi connectivity index (χ4v) is 5.60. The summed E-state index contributed by atoms with van der Waals surface area (Å²) in [6.07, 6.45) is 13.0. The molecule has 1 spiro atoms. The molecule has 1 atom stereocenters. The number of aromatic nitrogens is 2. The van der Waals surface area contributed by atoms with Gasteiger partial charge in [-0.05, 0) is 42.5 Å². The highest BCUT2D eigenvalue weighted by atomic mass is 35.5. The van der Waals surface area contributed by atoms with Gasteiger partial charge in [0.25, 0.3) is 5.91 Å². The van der Waals surface area contributed by atoms with Gasteiger partial charge in [-0.3, -0.25) is 14.6 Å². The molecule has 6 nitrogen and oxygen atoms in total. The summed E-state index contributed by atoms with van der Waals surface area (Å²) < 4.78 is 15.0. The van der Waals surface area contributed by atoms with Crippen LogP contribution in [0.1, 0.15) is 41.6 Å². The lowest BCUT2D eigenvalue weighted by atomic mass is 9.85. The third-order valence-electron chi connectivity index (χ3n) is 6.89. The Hall–Kier alpha value is -3.47. The number of carbonyl (C=O) groups is 2. The molecule has 1 unspecified atom stereocenters. The number of hydrogen-bond donors (Lipinski definition) is 1. The summed E-state index contributed by atoms with van der Waals surface area (Å²) in [5.74, 6) is 2.14. The first-order valence-corrected chi connectivity index (χ1v) is 12.2. The second-order valence-electron chi connectivity index (χ2n) is 9.25. The Morgan fingerprint density at radius 2 is 2.00 bits per heavy atom. The van der Waals surface area contributed by atoms with Crippen molar-refractivity contribution in [3.8, 4) is 23.5 Å². The molecule has 1 N–H and O–H groups in total. The summed E-state index contributed by atoms with van der Waals surface area (Å²) in [5, 5.41) is 3.12. The number of ketones is 1. The van der Waals surface area contributed by atoms with Crippen LogP contribution in [0, 0.1) is 23.6 Å². The van der Waals surface area contributed by atoms with Gasteiger partial charge in [-0.2, -0.15) is 0 Å². The SMILES string of the molecule is C#Cc1cnccc1-c1cc(Cl)c(C(=O)Nc2cnc(N3CCC4(CCC(=O)C4)C3)c(Cl)c2)cc1F. The quantitative estimate of drug-likeness (QED) is 0.440. The zero-order chi connectivity index (χ0) is 25.4. The van der Waals surface area contributed by atoms with E-state index in [1.165, 1.54) is 24.7 Å². The number of hydrogen-bond acceptors (Lipinski definition) is 5. The Labute approximate surface area is 217 Å². The number of halogens is 3. The predicted octanol–water partition coefficient (Wildman–Crippen LogP) is 5.77. The minimum Gasteiger partial charge on any atom is -0.355 e. The van der Waals surface area contributed by atoms with Gasteiger partial charge in [0.2, 0.25) is 0 Å². The normalized spacial score (nSPS) is 19.1. The van der Waals surface area contributed by atoms with E-state index in [-0.39, 0.29) is 21.6 Å². The molecule has 2 aliphatic rings. The van der Waals surface area contributed by atoms with Crippen molar-refractivity contribution in [1.29, 1.82) is 0 Å². The van der Waals surface area contributed by atoms with E-state index < -0.39 is 11.7 Å². The molecule has 182 valence electrons. The van der Waals surface area contributed by atoms with Crippen molar-refractivity contribution < 1.29 is 14.0 Å². The number of carbonyl (C=O) groups excluding carboxylic acids is 2. The fourth-order valence-electron chi connectivity index (χ4n) is 5.07. The van der Waals surface area contributed by atoms with Crippen molar-refractivity contribution >= 4 is 46.4 Å². The largest absolute Gasteiger partial charge is 0.355 e. The summed E-state index contributed by atoms with van der Waals surface area (Å²) in [5.41, 5.74) is 1.36. The Kier molecular flexibility index (Phi) is 6.42. The van der Waals surface area contributed by atoms with E-state index in [9.17, 15) is 14.0 Å². The van der Waals surface area contributed by atoms with Gasteiger partial charge in [-0.15, -0.1) is 6.42 Å². The van der Waals surface area contributed by atoms with Crippen LogP contribution >= 0.6 is 23.2 Å². The molecule has 2 fully saturated rings. The van der Waals surface area contributed by atoms with Crippen molar-refractivity contribution in [2.24, 2.45) is 5.41 Å². The summed E-state index contributed by atoms with van der Waals surface area (Å²) in [6, 6.07) is 5.63. The molecule has 0 radical (unpaired) electrons. The van der Waals surface area contributed by atoms with E-state index in [0.29, 0.717) is 46.3 Å². The van der Waals surface area contributed by atoms with Gasteiger partial charge >= 0.3 is 0 Å². The van der Waals surface area contributed by atoms with Crippen molar-refractivity contribution in [1.82, 2.24) is 9.97 Å². The lowest BCUT2D eigenvalue weighted by Crippen LogP contribution is -2.26. The lowest BCUT2D eigenvalue weighted by molar-refractivity contribution is -0.117. The smallest absolute Gasteiger partial charge is 0.257 e. The molecule has 1 saturated heterocycles. The van der Waals surface area contributed by atoms with Crippen molar-refractivity contribution in [2.75, 3.05) is 23.3 Å². The molecule has 1 aliphatic heterocycles. The first kappa shape index (κ1) is 24.2. The van der Waals surface area contributed by atoms with Gasteiger partial charge in [0.05, 0.1) is 33.1 Å². The minimum absolute atomic E-state index is 0.0131. The second-order valence-corrected chi connectivity index (χ2v) is 10.1. The van der Waals surface area contributed by atoms with E-state index in [1.807, 2.05) is 0 Å². The molecular weight excluding hydrogens is 502 g/mol. The number of nitrogens with zero attached hydrogens (tertiary/aromatic N) is 3. The van der Waals surface area contributed by atoms with Crippen LogP contribution in [0.15, 0.2) is 42.9 Å². The zero-order valence-electron chi connectivity index (χ0n) is 19.2. The van der Waals surface area contributed by atoms with E-state index in [4.69, 9.17) is 29.6 Å². The Morgan fingerprint density at radius 1 is 1.17 bits per heavy atom. The maximum atomic E-state index is 15.0. The average molecular weight is 523 g/mol. The van der Waals surface area contributed by atoms with Crippen LogP contribution in [-0.2, 0) is 4.79 Å². The van der Waals surface area contributed by atoms with Gasteiger partial charge in [-0.1, -0.05) is 29.1 Å². The van der Waals surface area contributed by atoms with Crippen LogP contribution in [0.4, 0.5) is 15.9 Å². The molecule has 1 saturated carbocycles. The summed E-state index contributed by atoms with van der Waals surface area (Å²) in [4.78, 5) is 35.2. The van der Waals surface area contributed by atoms with Crippen LogP contribution in [0.5, 0.6) is 0 Å². The highest BCUT2D eigenvalue weighted by molar-refractivity contribution is 6.35. The van der Waals surface area contributed by atoms with E-state index in [1.54, 1.807) is 12.1 Å². The van der Waals surface area contributed by atoms with Gasteiger partial charge in [0, 0.05) is 49.5 Å². The van der Waals surface area contributed by atoms with Gasteiger partial charge in [0.1, 0.15) is 17.4 Å². The average Bonchev–Trinajstić information content (AvgIpc) is 3.44. The Morgan fingerprint density at radius 3 is 2.72 bits per heavy atom.